The summed E-state index contributed by atoms with van der Waals surface area (Å²) in [5.41, 5.74) is 0.0762. The summed E-state index contributed by atoms with van der Waals surface area (Å²) in [6, 6.07) is 8.87. The number of carbonyl (C=O) groups excluding carboxylic acids is 1. The number of aliphatic carboxylic acids is 2. The zero-order valence-electron chi connectivity index (χ0n) is 12.2. The molecule has 0 radical (unpaired) electrons. The first-order chi connectivity index (χ1) is 10.5. The van der Waals surface area contributed by atoms with Gasteiger partial charge in [-0.25, -0.2) is 9.59 Å². The van der Waals surface area contributed by atoms with Gasteiger partial charge in [-0.1, -0.05) is 30.3 Å². The average molecular weight is 306 g/mol. The molecule has 0 atom stereocenters. The molecular weight excluding hydrogens is 288 g/mol. The Bertz CT molecular complexity index is 574. The van der Waals surface area contributed by atoms with E-state index in [0.717, 1.165) is 5.56 Å². The van der Waals surface area contributed by atoms with Crippen molar-refractivity contribution in [2.75, 3.05) is 13.7 Å². The smallest absolute Gasteiger partial charge is 0.332 e. The quantitative estimate of drug-likeness (QED) is 0.673. The molecule has 0 aliphatic heterocycles. The van der Waals surface area contributed by atoms with E-state index in [4.69, 9.17) is 9.84 Å². The van der Waals surface area contributed by atoms with Crippen LogP contribution in [0.4, 0.5) is 0 Å². The molecule has 0 bridgehead atoms. The van der Waals surface area contributed by atoms with Gasteiger partial charge in [-0.05, 0) is 5.56 Å². The Morgan fingerprint density at radius 2 is 1.59 bits per heavy atom. The Kier molecular flexibility index (Phi) is 6.98. The maximum absolute atomic E-state index is 12.0. The van der Waals surface area contributed by atoms with E-state index < -0.39 is 18.4 Å². The number of carboxylic acid groups (broad SMARTS) is 2. The highest BCUT2D eigenvalue weighted by Crippen LogP contribution is 2.16. The fourth-order valence-electron chi connectivity index (χ4n) is 1.99. The third kappa shape index (κ3) is 5.49. The van der Waals surface area contributed by atoms with E-state index in [1.54, 1.807) is 24.3 Å². The fourth-order valence-corrected chi connectivity index (χ4v) is 1.99. The summed E-state index contributed by atoms with van der Waals surface area (Å²) in [6.07, 6.45) is -0.420. The first-order valence-corrected chi connectivity index (χ1v) is 6.68. The predicted molar refractivity (Wildman–Crippen MR) is 78.6 cm³/mol. The van der Waals surface area contributed by atoms with E-state index in [1.165, 1.54) is 7.11 Å². The van der Waals surface area contributed by atoms with Crippen molar-refractivity contribution in [3.05, 3.63) is 47.0 Å². The van der Waals surface area contributed by atoms with Crippen LogP contribution in [-0.4, -0.2) is 41.7 Å². The van der Waals surface area contributed by atoms with E-state index in [2.05, 4.69) is 0 Å². The maximum atomic E-state index is 12.0. The monoisotopic (exact) mass is 306 g/mol. The predicted octanol–water partition coefficient (Wildman–Crippen LogP) is 1.69. The molecule has 1 aromatic rings. The van der Waals surface area contributed by atoms with Crippen LogP contribution in [0, 0.1) is 0 Å². The van der Waals surface area contributed by atoms with E-state index in [9.17, 15) is 19.5 Å². The van der Waals surface area contributed by atoms with Gasteiger partial charge >= 0.3 is 11.9 Å². The Morgan fingerprint density at radius 3 is 2.09 bits per heavy atom. The minimum Gasteiger partial charge on any atom is -0.478 e. The molecule has 0 heterocycles. The number of Topliss-reactive ketones (excluding diaryl/α,β-unsaturated/α-hetero) is 1. The van der Waals surface area contributed by atoms with Gasteiger partial charge in [-0.3, -0.25) is 4.79 Å². The van der Waals surface area contributed by atoms with Gasteiger partial charge in [-0.15, -0.1) is 0 Å². The van der Waals surface area contributed by atoms with Crippen LogP contribution in [0.5, 0.6) is 0 Å². The molecule has 22 heavy (non-hydrogen) atoms. The van der Waals surface area contributed by atoms with Crippen molar-refractivity contribution in [3.8, 4) is 0 Å². The Labute approximate surface area is 128 Å². The second-order valence-corrected chi connectivity index (χ2v) is 4.69. The summed E-state index contributed by atoms with van der Waals surface area (Å²) in [5.74, 6) is -3.09. The van der Waals surface area contributed by atoms with Gasteiger partial charge in [0.05, 0.1) is 17.8 Å². The van der Waals surface area contributed by atoms with Gasteiger partial charge in [0, 0.05) is 26.4 Å². The Hall–Kier alpha value is -2.47. The first-order valence-electron chi connectivity index (χ1n) is 6.68. The molecule has 118 valence electrons. The Balaban J connectivity index is 2.92. The van der Waals surface area contributed by atoms with E-state index in [1.807, 2.05) is 6.07 Å². The van der Waals surface area contributed by atoms with Crippen molar-refractivity contribution in [3.63, 3.8) is 0 Å². The number of hydrogen-bond donors (Lipinski definition) is 2. The van der Waals surface area contributed by atoms with Crippen LogP contribution in [-0.2, 0) is 25.5 Å². The van der Waals surface area contributed by atoms with E-state index in [0.29, 0.717) is 0 Å². The number of rotatable bonds is 9. The van der Waals surface area contributed by atoms with Gasteiger partial charge in [0.1, 0.15) is 5.78 Å². The number of benzene rings is 1. The van der Waals surface area contributed by atoms with Gasteiger partial charge in [0.2, 0.25) is 0 Å². The van der Waals surface area contributed by atoms with Crippen molar-refractivity contribution in [1.82, 2.24) is 0 Å². The van der Waals surface area contributed by atoms with E-state index >= 15 is 0 Å². The van der Waals surface area contributed by atoms with Crippen LogP contribution >= 0.6 is 0 Å². The zero-order chi connectivity index (χ0) is 16.5. The molecule has 0 aliphatic carbocycles. The molecule has 0 saturated carbocycles. The number of carbonyl (C=O) groups is 3. The number of ether oxygens (including phenoxy) is 1. The van der Waals surface area contributed by atoms with Crippen molar-refractivity contribution in [2.24, 2.45) is 0 Å². The van der Waals surface area contributed by atoms with Gasteiger partial charge in [0.25, 0.3) is 0 Å². The average Bonchev–Trinajstić information content (AvgIpc) is 2.47. The summed E-state index contributed by atoms with van der Waals surface area (Å²) in [7, 11) is 1.39. The minimum atomic E-state index is -1.39. The lowest BCUT2D eigenvalue weighted by Crippen LogP contribution is -2.17. The van der Waals surface area contributed by atoms with Crippen LogP contribution in [0.1, 0.15) is 18.4 Å². The first kappa shape index (κ1) is 17.6. The molecule has 0 amide bonds. The van der Waals surface area contributed by atoms with Crippen LogP contribution < -0.4 is 0 Å². The molecule has 6 nitrogen and oxygen atoms in total. The third-order valence-electron chi connectivity index (χ3n) is 3.05. The van der Waals surface area contributed by atoms with Gasteiger partial charge in [0.15, 0.2) is 0 Å². The summed E-state index contributed by atoms with van der Waals surface area (Å²) in [4.78, 5) is 34.5. The second-order valence-electron chi connectivity index (χ2n) is 4.69. The molecule has 0 saturated heterocycles. The van der Waals surface area contributed by atoms with Gasteiger partial charge < -0.3 is 14.9 Å². The van der Waals surface area contributed by atoms with Crippen LogP contribution in [0.2, 0.25) is 0 Å². The van der Waals surface area contributed by atoms with Crippen LogP contribution in [0.25, 0.3) is 0 Å². The third-order valence-corrected chi connectivity index (χ3v) is 3.05. The molecule has 0 unspecified atom stereocenters. The highest BCUT2D eigenvalue weighted by molar-refractivity contribution is 6.02. The molecule has 0 fully saturated rings. The summed E-state index contributed by atoms with van der Waals surface area (Å²) in [5, 5.41) is 18.3. The van der Waals surface area contributed by atoms with Gasteiger partial charge in [-0.2, -0.15) is 0 Å². The van der Waals surface area contributed by atoms with Crippen LogP contribution in [0.15, 0.2) is 41.5 Å². The molecule has 6 heteroatoms. The lowest BCUT2D eigenvalue weighted by atomic mass is 9.97. The second kappa shape index (κ2) is 8.74. The normalized spacial score (nSPS) is 11.7. The lowest BCUT2D eigenvalue weighted by molar-refractivity contribution is -0.136. The molecule has 0 spiro atoms. The lowest BCUT2D eigenvalue weighted by Gasteiger charge is -2.08. The van der Waals surface area contributed by atoms with E-state index in [-0.39, 0.29) is 36.4 Å². The summed E-state index contributed by atoms with van der Waals surface area (Å²) in [6.45, 7) is 0.0747. The molecule has 1 rings (SSSR count). The SMILES string of the molecule is COCC/C(C(=O)O)=C(/CC(=O)Cc1ccccc1)C(=O)O. The fraction of sp³-hybridized carbons (Fsp3) is 0.312. The number of carboxylic acids is 2. The Morgan fingerprint density at radius 1 is 1.00 bits per heavy atom. The largest absolute Gasteiger partial charge is 0.478 e. The molecule has 2 N–H and O–H groups in total. The van der Waals surface area contributed by atoms with Crippen molar-refractivity contribution < 1.29 is 29.3 Å². The highest BCUT2D eigenvalue weighted by Gasteiger charge is 2.22. The maximum Gasteiger partial charge on any atom is 0.332 e. The topological polar surface area (TPSA) is 101 Å². The number of methoxy groups -OCH3 is 1. The number of ketones is 1. The standard InChI is InChI=1S/C16H18O6/c1-22-8-7-13(15(18)19)14(16(20)21)10-12(17)9-11-5-3-2-4-6-11/h2-6H,7-10H2,1H3,(H,18,19)(H,20,21)/b14-13+. The summed E-state index contributed by atoms with van der Waals surface area (Å²) >= 11 is 0. The van der Waals surface area contributed by atoms with Crippen molar-refractivity contribution >= 4 is 17.7 Å². The van der Waals surface area contributed by atoms with Crippen molar-refractivity contribution in [1.29, 1.82) is 0 Å². The van der Waals surface area contributed by atoms with Crippen molar-refractivity contribution in [2.45, 2.75) is 19.3 Å². The minimum absolute atomic E-state index is 0.0634. The molecule has 0 aliphatic rings. The molecule has 0 aromatic heterocycles. The molecular formula is C16H18O6. The molecule has 1 aromatic carbocycles. The summed E-state index contributed by atoms with van der Waals surface area (Å²) < 4.78 is 4.78. The number of hydrogen-bond acceptors (Lipinski definition) is 4. The zero-order valence-corrected chi connectivity index (χ0v) is 12.2. The van der Waals surface area contributed by atoms with Crippen LogP contribution in [0.3, 0.4) is 0 Å². The highest BCUT2D eigenvalue weighted by atomic mass is 16.5.